The number of carbonyl (C=O) groups excluding carboxylic acids is 2. The summed E-state index contributed by atoms with van der Waals surface area (Å²) in [6, 6.07) is 16.1. The second kappa shape index (κ2) is 8.18. The molecule has 0 bridgehead atoms. The minimum atomic E-state index is -0.378. The minimum Gasteiger partial charge on any atom is -0.347 e. The predicted octanol–water partition coefficient (Wildman–Crippen LogP) is 3.49. The summed E-state index contributed by atoms with van der Waals surface area (Å²) in [7, 11) is 0. The largest absolute Gasteiger partial charge is 0.347 e. The topological polar surface area (TPSA) is 84.0 Å². The van der Waals surface area contributed by atoms with Crippen LogP contribution in [0.25, 0.3) is 0 Å². The highest BCUT2D eigenvalue weighted by atomic mass is 19.1. The molecule has 27 heavy (non-hydrogen) atoms. The summed E-state index contributed by atoms with van der Waals surface area (Å²) in [5, 5.41) is 13.6. The van der Waals surface area contributed by atoms with Crippen molar-refractivity contribution in [2.75, 3.05) is 5.32 Å². The molecule has 0 atom stereocenters. The minimum absolute atomic E-state index is 0.0297. The second-order valence-corrected chi connectivity index (χ2v) is 5.87. The smallest absolute Gasteiger partial charge is 0.272 e. The van der Waals surface area contributed by atoms with Gasteiger partial charge in [0.05, 0.1) is 0 Å². The first-order valence-corrected chi connectivity index (χ1v) is 8.25. The maximum absolute atomic E-state index is 12.9. The van der Waals surface area contributed by atoms with Gasteiger partial charge in [0.25, 0.3) is 5.91 Å². The van der Waals surface area contributed by atoms with Crippen LogP contribution in [0.4, 0.5) is 15.9 Å². The van der Waals surface area contributed by atoms with Gasteiger partial charge < -0.3 is 10.6 Å². The van der Waals surface area contributed by atoms with Gasteiger partial charge in [0.2, 0.25) is 0 Å². The molecule has 1 aromatic heterocycles. The zero-order valence-electron chi connectivity index (χ0n) is 14.6. The summed E-state index contributed by atoms with van der Waals surface area (Å²) in [6.45, 7) is 1.76. The summed E-state index contributed by atoms with van der Waals surface area (Å²) >= 11 is 0. The van der Waals surface area contributed by atoms with Gasteiger partial charge >= 0.3 is 0 Å². The van der Waals surface area contributed by atoms with Crippen LogP contribution in [0.2, 0.25) is 0 Å². The van der Waals surface area contributed by atoms with E-state index in [1.165, 1.54) is 19.1 Å². The first-order valence-electron chi connectivity index (χ1n) is 8.25. The first-order chi connectivity index (χ1) is 13.0. The standard InChI is InChI=1S/C20H17FN4O2/c1-13(26)15-3-2-4-17(11-15)23-19-10-9-18(24-25-19)20(27)22-12-14-5-7-16(21)8-6-14/h2-11H,12H2,1H3,(H,22,27)(H,23,25). The van der Waals surface area contributed by atoms with Gasteiger partial charge in [-0.25, -0.2) is 4.39 Å². The molecule has 1 heterocycles. The Bertz CT molecular complexity index is 956. The third kappa shape index (κ3) is 4.94. The molecule has 0 radical (unpaired) electrons. The van der Waals surface area contributed by atoms with Crippen molar-refractivity contribution in [2.24, 2.45) is 0 Å². The number of rotatable bonds is 6. The highest BCUT2D eigenvalue weighted by Gasteiger charge is 2.09. The van der Waals surface area contributed by atoms with Crippen molar-refractivity contribution in [3.05, 3.63) is 83.3 Å². The molecular weight excluding hydrogens is 347 g/mol. The summed E-state index contributed by atoms with van der Waals surface area (Å²) < 4.78 is 12.9. The Morgan fingerprint density at radius 2 is 1.78 bits per heavy atom. The average molecular weight is 364 g/mol. The van der Waals surface area contributed by atoms with Crippen LogP contribution in [-0.4, -0.2) is 21.9 Å². The molecule has 0 aliphatic carbocycles. The number of aromatic nitrogens is 2. The van der Waals surface area contributed by atoms with E-state index < -0.39 is 0 Å². The SMILES string of the molecule is CC(=O)c1cccc(Nc2ccc(C(=O)NCc3ccc(F)cc3)nn2)c1. The Kier molecular flexibility index (Phi) is 5.51. The lowest BCUT2D eigenvalue weighted by Crippen LogP contribution is -2.24. The van der Waals surface area contributed by atoms with Gasteiger partial charge in [0.15, 0.2) is 17.3 Å². The van der Waals surface area contributed by atoms with Crippen LogP contribution in [0.3, 0.4) is 0 Å². The summed E-state index contributed by atoms with van der Waals surface area (Å²) in [5.41, 5.74) is 2.23. The molecular formula is C20H17FN4O2. The molecule has 0 aliphatic rings. The fraction of sp³-hybridized carbons (Fsp3) is 0.100. The van der Waals surface area contributed by atoms with Crippen LogP contribution < -0.4 is 10.6 Å². The van der Waals surface area contributed by atoms with Crippen molar-refractivity contribution in [1.82, 2.24) is 15.5 Å². The van der Waals surface area contributed by atoms with Gasteiger partial charge in [-0.15, -0.1) is 10.2 Å². The third-order valence-corrected chi connectivity index (χ3v) is 3.81. The molecule has 0 saturated heterocycles. The van der Waals surface area contributed by atoms with Gasteiger partial charge in [-0.05, 0) is 48.9 Å². The average Bonchev–Trinajstić information content (AvgIpc) is 2.68. The van der Waals surface area contributed by atoms with E-state index in [0.717, 1.165) is 5.56 Å². The van der Waals surface area contributed by atoms with Crippen molar-refractivity contribution in [1.29, 1.82) is 0 Å². The summed E-state index contributed by atoms with van der Waals surface area (Å²) in [6.07, 6.45) is 0. The number of nitrogens with one attached hydrogen (secondary N) is 2. The van der Waals surface area contributed by atoms with Gasteiger partial charge in [0.1, 0.15) is 5.82 Å². The number of nitrogens with zero attached hydrogens (tertiary/aromatic N) is 2. The second-order valence-electron chi connectivity index (χ2n) is 5.87. The van der Waals surface area contributed by atoms with Crippen molar-refractivity contribution in [3.8, 4) is 0 Å². The molecule has 0 unspecified atom stereocenters. The fourth-order valence-electron chi connectivity index (χ4n) is 2.36. The number of anilines is 2. The Balaban J connectivity index is 1.61. The molecule has 0 saturated carbocycles. The number of amides is 1. The highest BCUT2D eigenvalue weighted by Crippen LogP contribution is 2.16. The Morgan fingerprint density at radius 1 is 1.00 bits per heavy atom. The zero-order valence-corrected chi connectivity index (χ0v) is 14.6. The Morgan fingerprint density at radius 3 is 2.44 bits per heavy atom. The molecule has 0 spiro atoms. The molecule has 1 amide bonds. The van der Waals surface area contributed by atoms with E-state index >= 15 is 0 Å². The predicted molar refractivity (Wildman–Crippen MR) is 99.3 cm³/mol. The number of Topliss-reactive ketones (excluding diaryl/α,β-unsaturated/α-hetero) is 1. The molecule has 7 heteroatoms. The van der Waals surface area contributed by atoms with Crippen LogP contribution in [0, 0.1) is 5.82 Å². The van der Waals surface area contributed by atoms with Gasteiger partial charge in [-0.1, -0.05) is 24.3 Å². The Labute approximate surface area is 155 Å². The van der Waals surface area contributed by atoms with Crippen LogP contribution in [0.1, 0.15) is 33.3 Å². The van der Waals surface area contributed by atoms with Crippen LogP contribution >= 0.6 is 0 Å². The van der Waals surface area contributed by atoms with E-state index in [4.69, 9.17) is 0 Å². The van der Waals surface area contributed by atoms with Gasteiger partial charge in [-0.2, -0.15) is 0 Å². The number of hydrogen-bond donors (Lipinski definition) is 2. The first kappa shape index (κ1) is 18.2. The van der Waals surface area contributed by atoms with E-state index in [2.05, 4.69) is 20.8 Å². The van der Waals surface area contributed by atoms with Crippen molar-refractivity contribution in [2.45, 2.75) is 13.5 Å². The van der Waals surface area contributed by atoms with Gasteiger partial charge in [0, 0.05) is 17.8 Å². The maximum atomic E-state index is 12.9. The van der Waals surface area contributed by atoms with Gasteiger partial charge in [-0.3, -0.25) is 9.59 Å². The maximum Gasteiger partial charge on any atom is 0.272 e. The molecule has 2 N–H and O–H groups in total. The van der Waals surface area contributed by atoms with E-state index in [1.54, 1.807) is 48.5 Å². The lowest BCUT2D eigenvalue weighted by molar-refractivity contribution is 0.0944. The molecule has 0 fully saturated rings. The lowest BCUT2D eigenvalue weighted by atomic mass is 10.1. The third-order valence-electron chi connectivity index (χ3n) is 3.81. The van der Waals surface area contributed by atoms with E-state index in [1.807, 2.05) is 0 Å². The molecule has 136 valence electrons. The Hall–Kier alpha value is -3.61. The zero-order chi connectivity index (χ0) is 19.2. The molecule has 3 rings (SSSR count). The lowest BCUT2D eigenvalue weighted by Gasteiger charge is -2.07. The van der Waals surface area contributed by atoms with Crippen molar-refractivity contribution in [3.63, 3.8) is 0 Å². The molecule has 0 aliphatic heterocycles. The summed E-state index contributed by atoms with van der Waals surface area (Å²) in [4.78, 5) is 23.6. The quantitative estimate of drug-likeness (QED) is 0.654. The fourth-order valence-corrected chi connectivity index (χ4v) is 2.36. The summed E-state index contributed by atoms with van der Waals surface area (Å²) in [5.74, 6) is -0.284. The van der Waals surface area contributed by atoms with Crippen molar-refractivity contribution < 1.29 is 14.0 Å². The normalized spacial score (nSPS) is 10.3. The molecule has 2 aromatic carbocycles. The molecule has 3 aromatic rings. The van der Waals surface area contributed by atoms with Crippen LogP contribution in [0.15, 0.2) is 60.7 Å². The highest BCUT2D eigenvalue weighted by molar-refractivity contribution is 5.95. The number of hydrogen-bond acceptors (Lipinski definition) is 5. The monoisotopic (exact) mass is 364 g/mol. The van der Waals surface area contributed by atoms with Crippen LogP contribution in [-0.2, 0) is 6.54 Å². The van der Waals surface area contributed by atoms with Crippen LogP contribution in [0.5, 0.6) is 0 Å². The number of ketones is 1. The van der Waals surface area contributed by atoms with E-state index in [-0.39, 0.29) is 29.7 Å². The van der Waals surface area contributed by atoms with Crippen molar-refractivity contribution >= 4 is 23.2 Å². The van der Waals surface area contributed by atoms with E-state index in [9.17, 15) is 14.0 Å². The number of benzene rings is 2. The number of halogens is 1. The number of carbonyl (C=O) groups is 2. The van der Waals surface area contributed by atoms with E-state index in [0.29, 0.717) is 17.1 Å². The molecule has 6 nitrogen and oxygen atoms in total.